The van der Waals surface area contributed by atoms with E-state index in [0.717, 1.165) is 43.0 Å². The van der Waals surface area contributed by atoms with Gasteiger partial charge in [0.1, 0.15) is 5.69 Å². The summed E-state index contributed by atoms with van der Waals surface area (Å²) < 4.78 is 0. The average Bonchev–Trinajstić information content (AvgIpc) is 3.07. The van der Waals surface area contributed by atoms with Crippen LogP contribution in [0.3, 0.4) is 0 Å². The van der Waals surface area contributed by atoms with Gasteiger partial charge in [-0.15, -0.1) is 0 Å². The molecule has 0 radical (unpaired) electrons. The summed E-state index contributed by atoms with van der Waals surface area (Å²) >= 11 is 0. The molecule has 0 saturated carbocycles. The van der Waals surface area contributed by atoms with Crippen LogP contribution in [0.5, 0.6) is 0 Å². The molecule has 3 rings (SSSR count). The Morgan fingerprint density at radius 1 is 1.15 bits per heavy atom. The number of nitrogens with one attached hydrogen (secondary N) is 2. The lowest BCUT2D eigenvalue weighted by Gasteiger charge is -2.30. The Morgan fingerprint density at radius 3 is 2.35 bits per heavy atom. The number of aromatic amines is 2. The van der Waals surface area contributed by atoms with Crippen LogP contribution in [0.1, 0.15) is 46.3 Å². The van der Waals surface area contributed by atoms with Gasteiger partial charge in [0.25, 0.3) is 5.91 Å². The van der Waals surface area contributed by atoms with E-state index < -0.39 is 0 Å². The minimum Gasteiger partial charge on any atom is -0.337 e. The summed E-state index contributed by atoms with van der Waals surface area (Å²) in [7, 11) is 0. The van der Waals surface area contributed by atoms with Crippen LogP contribution in [0.2, 0.25) is 0 Å². The van der Waals surface area contributed by atoms with Crippen molar-refractivity contribution in [1.82, 2.24) is 25.3 Å². The predicted molar refractivity (Wildman–Crippen MR) is 74.5 cm³/mol. The van der Waals surface area contributed by atoms with E-state index in [1.54, 1.807) is 6.07 Å². The fourth-order valence-corrected chi connectivity index (χ4v) is 2.72. The first kappa shape index (κ1) is 12.9. The summed E-state index contributed by atoms with van der Waals surface area (Å²) in [6, 6.07) is 3.89. The highest BCUT2D eigenvalue weighted by Gasteiger charge is 2.26. The number of carbonyl (C=O) groups is 1. The fraction of sp³-hybridized carbons (Fsp3) is 0.500. The van der Waals surface area contributed by atoms with E-state index in [-0.39, 0.29) is 5.91 Å². The van der Waals surface area contributed by atoms with Gasteiger partial charge in [-0.1, -0.05) is 0 Å². The number of hydrogen-bond donors (Lipinski definition) is 2. The van der Waals surface area contributed by atoms with Crippen molar-refractivity contribution in [2.75, 3.05) is 13.1 Å². The van der Waals surface area contributed by atoms with E-state index in [4.69, 9.17) is 0 Å². The number of aryl methyl sites for hydroxylation is 2. The topological polar surface area (TPSA) is 77.7 Å². The highest BCUT2D eigenvalue weighted by Crippen LogP contribution is 2.27. The summed E-state index contributed by atoms with van der Waals surface area (Å²) in [5.74, 6) is 0.468. The summed E-state index contributed by atoms with van der Waals surface area (Å²) in [6.07, 6.45) is 1.92. The van der Waals surface area contributed by atoms with Crippen molar-refractivity contribution in [1.29, 1.82) is 0 Å². The predicted octanol–water partition coefficient (Wildman–Crippen LogP) is 1.77. The number of nitrogens with zero attached hydrogens (tertiary/aromatic N) is 3. The second kappa shape index (κ2) is 5.11. The van der Waals surface area contributed by atoms with Gasteiger partial charge in [0.05, 0.1) is 5.69 Å². The maximum Gasteiger partial charge on any atom is 0.274 e. The molecule has 0 aliphatic carbocycles. The van der Waals surface area contributed by atoms with Crippen molar-refractivity contribution in [2.24, 2.45) is 0 Å². The lowest BCUT2D eigenvalue weighted by molar-refractivity contribution is 0.0706. The maximum absolute atomic E-state index is 12.3. The molecule has 20 heavy (non-hydrogen) atoms. The zero-order chi connectivity index (χ0) is 14.1. The monoisotopic (exact) mass is 273 g/mol. The van der Waals surface area contributed by atoms with Crippen LogP contribution in [0, 0.1) is 13.8 Å². The van der Waals surface area contributed by atoms with Gasteiger partial charge in [0.2, 0.25) is 0 Å². The van der Waals surface area contributed by atoms with E-state index in [1.807, 2.05) is 18.7 Å². The first-order valence-electron chi connectivity index (χ1n) is 6.96. The molecular weight excluding hydrogens is 254 g/mol. The van der Waals surface area contributed by atoms with Crippen LogP contribution < -0.4 is 0 Å². The number of carbonyl (C=O) groups excluding carboxylic acids is 1. The molecule has 6 heteroatoms. The van der Waals surface area contributed by atoms with E-state index >= 15 is 0 Å². The first-order chi connectivity index (χ1) is 9.63. The number of piperidine rings is 1. The van der Waals surface area contributed by atoms with Gasteiger partial charge >= 0.3 is 0 Å². The highest BCUT2D eigenvalue weighted by atomic mass is 16.2. The van der Waals surface area contributed by atoms with Crippen molar-refractivity contribution in [2.45, 2.75) is 32.6 Å². The highest BCUT2D eigenvalue weighted by molar-refractivity contribution is 5.92. The maximum atomic E-state index is 12.3. The molecule has 2 N–H and O–H groups in total. The molecule has 106 valence electrons. The molecule has 0 atom stereocenters. The second-order valence-electron chi connectivity index (χ2n) is 5.48. The molecule has 1 aliphatic rings. The zero-order valence-corrected chi connectivity index (χ0v) is 11.8. The van der Waals surface area contributed by atoms with E-state index in [1.165, 1.54) is 0 Å². The molecule has 1 amide bonds. The molecule has 0 unspecified atom stereocenters. The molecule has 0 bridgehead atoms. The van der Waals surface area contributed by atoms with E-state index in [9.17, 15) is 4.79 Å². The number of rotatable bonds is 2. The number of amides is 1. The Balaban J connectivity index is 1.62. The van der Waals surface area contributed by atoms with E-state index in [2.05, 4.69) is 26.5 Å². The third-order valence-corrected chi connectivity index (χ3v) is 3.85. The Bertz CT molecular complexity index is 607. The van der Waals surface area contributed by atoms with Crippen LogP contribution >= 0.6 is 0 Å². The minimum absolute atomic E-state index is 0.0195. The molecule has 3 heterocycles. The Labute approximate surface area is 117 Å². The van der Waals surface area contributed by atoms with Gasteiger partial charge in [-0.25, -0.2) is 0 Å². The van der Waals surface area contributed by atoms with Crippen LogP contribution in [0.25, 0.3) is 0 Å². The van der Waals surface area contributed by atoms with Crippen molar-refractivity contribution in [3.8, 4) is 0 Å². The van der Waals surface area contributed by atoms with Gasteiger partial charge in [0, 0.05) is 30.4 Å². The molecule has 2 aromatic rings. The number of hydrogen-bond acceptors (Lipinski definition) is 3. The molecule has 1 saturated heterocycles. The number of aromatic nitrogens is 4. The Morgan fingerprint density at radius 2 is 1.80 bits per heavy atom. The molecule has 1 fully saturated rings. The van der Waals surface area contributed by atoms with Gasteiger partial charge in [-0.2, -0.15) is 10.2 Å². The van der Waals surface area contributed by atoms with Crippen molar-refractivity contribution in [3.63, 3.8) is 0 Å². The average molecular weight is 273 g/mol. The molecule has 2 aromatic heterocycles. The van der Waals surface area contributed by atoms with Crippen molar-refractivity contribution >= 4 is 5.91 Å². The van der Waals surface area contributed by atoms with E-state index in [0.29, 0.717) is 11.6 Å². The molecule has 6 nitrogen and oxygen atoms in total. The van der Waals surface area contributed by atoms with Gasteiger partial charge < -0.3 is 4.90 Å². The first-order valence-corrected chi connectivity index (χ1v) is 6.96. The molecule has 0 aromatic carbocycles. The second-order valence-corrected chi connectivity index (χ2v) is 5.48. The van der Waals surface area contributed by atoms with Gasteiger partial charge in [-0.05, 0) is 38.8 Å². The minimum atomic E-state index is 0.0195. The summed E-state index contributed by atoms with van der Waals surface area (Å²) in [6.45, 7) is 5.44. The smallest absolute Gasteiger partial charge is 0.274 e. The molecule has 1 aliphatic heterocycles. The van der Waals surface area contributed by atoms with Gasteiger partial charge in [0.15, 0.2) is 0 Å². The summed E-state index contributed by atoms with van der Waals surface area (Å²) in [5.41, 5.74) is 3.63. The lowest BCUT2D eigenvalue weighted by Crippen LogP contribution is -2.38. The quantitative estimate of drug-likeness (QED) is 0.875. The zero-order valence-electron chi connectivity index (χ0n) is 11.8. The Hall–Kier alpha value is -2.11. The third kappa shape index (κ3) is 2.45. The fourth-order valence-electron chi connectivity index (χ4n) is 2.72. The van der Waals surface area contributed by atoms with Crippen molar-refractivity contribution < 1.29 is 4.79 Å². The Kier molecular flexibility index (Phi) is 3.30. The molecular formula is C14H19N5O. The normalized spacial score (nSPS) is 16.6. The summed E-state index contributed by atoms with van der Waals surface area (Å²) in [4.78, 5) is 14.2. The van der Waals surface area contributed by atoms with Crippen LogP contribution in [0.15, 0.2) is 12.1 Å². The molecule has 0 spiro atoms. The number of likely N-dealkylation sites (tertiary alicyclic amines) is 1. The van der Waals surface area contributed by atoms with Gasteiger partial charge in [-0.3, -0.25) is 15.0 Å². The van der Waals surface area contributed by atoms with Crippen LogP contribution in [-0.4, -0.2) is 44.3 Å². The lowest BCUT2D eigenvalue weighted by atomic mass is 9.93. The summed E-state index contributed by atoms with van der Waals surface area (Å²) in [5, 5.41) is 14.2. The van der Waals surface area contributed by atoms with Crippen LogP contribution in [0.4, 0.5) is 0 Å². The van der Waals surface area contributed by atoms with Crippen LogP contribution in [-0.2, 0) is 0 Å². The largest absolute Gasteiger partial charge is 0.337 e. The SMILES string of the molecule is Cc1cc(C(=O)N2CCC(c3cc(C)[nH]n3)CC2)n[nH]1. The van der Waals surface area contributed by atoms with Crippen molar-refractivity contribution in [3.05, 3.63) is 34.9 Å². The third-order valence-electron chi connectivity index (χ3n) is 3.85. The number of H-pyrrole nitrogens is 2. The standard InChI is InChI=1S/C14H19N5O/c1-9-7-12(17-15-9)11-3-5-19(6-4-11)14(20)13-8-10(2)16-18-13/h7-8,11H,3-6H2,1-2H3,(H,15,17)(H,16,18).